The molecule has 1 saturated heterocycles. The van der Waals surface area contributed by atoms with Gasteiger partial charge in [0.1, 0.15) is 0 Å². The molecule has 1 heterocycles. The maximum Gasteiger partial charge on any atom is 0.0225 e. The van der Waals surface area contributed by atoms with E-state index in [0.29, 0.717) is 0 Å². The van der Waals surface area contributed by atoms with E-state index in [9.17, 15) is 0 Å². The Kier molecular flexibility index (Phi) is 6.87. The van der Waals surface area contributed by atoms with Crippen LogP contribution < -0.4 is 5.73 Å². The minimum absolute atomic E-state index is 0. The molecule has 1 unspecified atom stereocenters. The predicted octanol–water partition coefficient (Wildman–Crippen LogP) is 1.42. The fourth-order valence-corrected chi connectivity index (χ4v) is 2.62. The molecule has 0 aromatic carbocycles. The highest BCUT2D eigenvalue weighted by Gasteiger charge is 2.21. The summed E-state index contributed by atoms with van der Waals surface area (Å²) in [6, 6.07) is 0. The molecule has 1 aliphatic rings. The summed E-state index contributed by atoms with van der Waals surface area (Å²) in [6.45, 7) is 8.86. The van der Waals surface area contributed by atoms with Gasteiger partial charge in [-0.3, -0.25) is 0 Å². The Balaban J connectivity index is 0.00000225. The lowest BCUT2D eigenvalue weighted by atomic mass is 9.97. The van der Waals surface area contributed by atoms with E-state index in [2.05, 4.69) is 37.7 Å². The average Bonchev–Trinajstić information content (AvgIpc) is 1.99. The van der Waals surface area contributed by atoms with Crippen molar-refractivity contribution in [2.75, 3.05) is 40.3 Å². The summed E-state index contributed by atoms with van der Waals surface area (Å²) in [6.07, 6.45) is 2.72. The average molecular weight is 250 g/mol. The molecular weight excluding hydrogens is 222 g/mol. The van der Waals surface area contributed by atoms with E-state index in [1.165, 1.54) is 32.5 Å². The number of hydrogen-bond acceptors (Lipinski definition) is 3. The normalized spacial score (nSPS) is 23.2. The molecule has 1 rings (SSSR count). The third-order valence-corrected chi connectivity index (χ3v) is 2.97. The summed E-state index contributed by atoms with van der Waals surface area (Å²) in [4.78, 5) is 4.82. The Bertz CT molecular complexity index is 191. The fourth-order valence-electron chi connectivity index (χ4n) is 2.62. The summed E-state index contributed by atoms with van der Waals surface area (Å²) in [5, 5.41) is 0. The van der Waals surface area contributed by atoms with Gasteiger partial charge in [-0.25, -0.2) is 0 Å². The molecule has 98 valence electrons. The van der Waals surface area contributed by atoms with Crippen molar-refractivity contribution in [1.29, 1.82) is 0 Å². The molecule has 1 fully saturated rings. The number of halogens is 1. The number of nitrogens with zero attached hydrogens (tertiary/aromatic N) is 2. The van der Waals surface area contributed by atoms with Gasteiger partial charge in [0.2, 0.25) is 0 Å². The van der Waals surface area contributed by atoms with Crippen molar-refractivity contribution in [3.8, 4) is 0 Å². The summed E-state index contributed by atoms with van der Waals surface area (Å²) >= 11 is 0. The highest BCUT2D eigenvalue weighted by atomic mass is 35.5. The first kappa shape index (κ1) is 16.2. The maximum atomic E-state index is 6.02. The van der Waals surface area contributed by atoms with Crippen LogP contribution in [0.1, 0.15) is 26.7 Å². The van der Waals surface area contributed by atoms with Gasteiger partial charge in [0.15, 0.2) is 0 Å². The van der Waals surface area contributed by atoms with Gasteiger partial charge in [-0.1, -0.05) is 0 Å². The van der Waals surface area contributed by atoms with E-state index in [1.54, 1.807) is 0 Å². The molecule has 0 aliphatic carbocycles. The first-order valence-electron chi connectivity index (χ1n) is 6.03. The molecule has 0 amide bonds. The van der Waals surface area contributed by atoms with Crippen LogP contribution in [-0.2, 0) is 0 Å². The maximum absolute atomic E-state index is 6.02. The van der Waals surface area contributed by atoms with Crippen molar-refractivity contribution >= 4 is 12.4 Å². The van der Waals surface area contributed by atoms with Crippen molar-refractivity contribution in [3.05, 3.63) is 0 Å². The Morgan fingerprint density at radius 3 is 2.56 bits per heavy atom. The van der Waals surface area contributed by atoms with Crippen LogP contribution in [0.2, 0.25) is 0 Å². The van der Waals surface area contributed by atoms with Crippen LogP contribution in [0.3, 0.4) is 0 Å². The van der Waals surface area contributed by atoms with Crippen LogP contribution in [0.5, 0.6) is 0 Å². The first-order valence-corrected chi connectivity index (χ1v) is 6.03. The predicted molar refractivity (Wildman–Crippen MR) is 73.2 cm³/mol. The Morgan fingerprint density at radius 2 is 2.06 bits per heavy atom. The second-order valence-electron chi connectivity index (χ2n) is 5.96. The molecule has 0 saturated carbocycles. The molecule has 1 atom stereocenters. The standard InChI is InChI=1S/C12H27N3.ClH/c1-12(2,13)10-15(4)9-11-6-5-7-14(3)8-11;/h11H,5-10,13H2,1-4H3;1H. The number of piperidine rings is 1. The van der Waals surface area contributed by atoms with Gasteiger partial charge >= 0.3 is 0 Å². The van der Waals surface area contributed by atoms with E-state index in [0.717, 1.165) is 12.5 Å². The lowest BCUT2D eigenvalue weighted by Gasteiger charge is -2.34. The Hall–Kier alpha value is 0.170. The zero-order valence-electron chi connectivity index (χ0n) is 11.2. The van der Waals surface area contributed by atoms with Crippen molar-refractivity contribution < 1.29 is 0 Å². The Morgan fingerprint density at radius 1 is 1.44 bits per heavy atom. The topological polar surface area (TPSA) is 32.5 Å². The van der Waals surface area contributed by atoms with Gasteiger partial charge in [-0.05, 0) is 53.2 Å². The minimum atomic E-state index is -0.0741. The molecule has 4 heteroatoms. The largest absolute Gasteiger partial charge is 0.324 e. The number of hydrogen-bond donors (Lipinski definition) is 1. The van der Waals surface area contributed by atoms with Gasteiger partial charge in [-0.2, -0.15) is 0 Å². The third-order valence-electron chi connectivity index (χ3n) is 2.97. The lowest BCUT2D eigenvalue weighted by molar-refractivity contribution is 0.155. The second kappa shape index (κ2) is 6.80. The van der Waals surface area contributed by atoms with Gasteiger partial charge in [0, 0.05) is 25.2 Å². The highest BCUT2D eigenvalue weighted by molar-refractivity contribution is 5.85. The number of nitrogens with two attached hydrogens (primary N) is 1. The molecule has 0 aromatic heterocycles. The highest BCUT2D eigenvalue weighted by Crippen LogP contribution is 2.16. The van der Waals surface area contributed by atoms with E-state index in [-0.39, 0.29) is 17.9 Å². The van der Waals surface area contributed by atoms with E-state index in [1.807, 2.05) is 0 Å². The molecule has 2 N–H and O–H groups in total. The summed E-state index contributed by atoms with van der Waals surface area (Å²) in [5.74, 6) is 0.830. The number of rotatable bonds is 4. The first-order chi connectivity index (χ1) is 6.87. The van der Waals surface area contributed by atoms with Crippen LogP contribution in [0.15, 0.2) is 0 Å². The second-order valence-corrected chi connectivity index (χ2v) is 5.96. The molecular formula is C12H28ClN3. The lowest BCUT2D eigenvalue weighted by Crippen LogP contribution is -2.46. The van der Waals surface area contributed by atoms with Gasteiger partial charge in [-0.15, -0.1) is 12.4 Å². The molecule has 16 heavy (non-hydrogen) atoms. The van der Waals surface area contributed by atoms with E-state index in [4.69, 9.17) is 5.73 Å². The smallest absolute Gasteiger partial charge is 0.0225 e. The SMILES string of the molecule is CN1CCCC(CN(C)CC(C)(C)N)C1.Cl. The third kappa shape index (κ3) is 6.69. The monoisotopic (exact) mass is 249 g/mol. The summed E-state index contributed by atoms with van der Waals surface area (Å²) in [5.41, 5.74) is 5.94. The van der Waals surface area contributed by atoms with Crippen LogP contribution in [0.25, 0.3) is 0 Å². The van der Waals surface area contributed by atoms with Crippen molar-refractivity contribution in [2.45, 2.75) is 32.2 Å². The summed E-state index contributed by atoms with van der Waals surface area (Å²) in [7, 11) is 4.41. The molecule has 0 spiro atoms. The zero-order chi connectivity index (χ0) is 11.5. The van der Waals surface area contributed by atoms with E-state index >= 15 is 0 Å². The van der Waals surface area contributed by atoms with Gasteiger partial charge < -0.3 is 15.5 Å². The molecule has 0 radical (unpaired) electrons. The zero-order valence-corrected chi connectivity index (χ0v) is 12.0. The molecule has 0 bridgehead atoms. The minimum Gasteiger partial charge on any atom is -0.324 e. The number of likely N-dealkylation sites (tertiary alicyclic amines) is 1. The molecule has 1 aliphatic heterocycles. The summed E-state index contributed by atoms with van der Waals surface area (Å²) < 4.78 is 0. The van der Waals surface area contributed by atoms with Crippen LogP contribution >= 0.6 is 12.4 Å². The van der Waals surface area contributed by atoms with E-state index < -0.39 is 0 Å². The fraction of sp³-hybridized carbons (Fsp3) is 1.00. The number of likely N-dealkylation sites (N-methyl/N-ethyl adjacent to an activating group) is 1. The van der Waals surface area contributed by atoms with Crippen molar-refractivity contribution in [3.63, 3.8) is 0 Å². The van der Waals surface area contributed by atoms with Crippen LogP contribution in [-0.4, -0.2) is 55.6 Å². The van der Waals surface area contributed by atoms with Gasteiger partial charge in [0.05, 0.1) is 0 Å². The van der Waals surface area contributed by atoms with Crippen molar-refractivity contribution in [2.24, 2.45) is 11.7 Å². The molecule has 0 aromatic rings. The van der Waals surface area contributed by atoms with Crippen molar-refractivity contribution in [1.82, 2.24) is 9.80 Å². The van der Waals surface area contributed by atoms with Crippen LogP contribution in [0.4, 0.5) is 0 Å². The quantitative estimate of drug-likeness (QED) is 0.818. The Labute approximate surface area is 107 Å². The molecule has 3 nitrogen and oxygen atoms in total. The van der Waals surface area contributed by atoms with Gasteiger partial charge in [0.25, 0.3) is 0 Å². The van der Waals surface area contributed by atoms with Crippen LogP contribution in [0, 0.1) is 5.92 Å².